The number of aromatic nitrogens is 1. The van der Waals surface area contributed by atoms with Crippen LogP contribution < -0.4 is 5.32 Å². The van der Waals surface area contributed by atoms with E-state index in [0.29, 0.717) is 10.0 Å². The van der Waals surface area contributed by atoms with Crippen LogP contribution in [0, 0.1) is 6.92 Å². The zero-order valence-corrected chi connectivity index (χ0v) is 12.8. The highest BCUT2D eigenvalue weighted by molar-refractivity contribution is 6.45. The molecule has 0 fully saturated rings. The van der Waals surface area contributed by atoms with Crippen LogP contribution in [0.25, 0.3) is 10.9 Å². The van der Waals surface area contributed by atoms with Crippen molar-refractivity contribution in [1.82, 2.24) is 10.3 Å². The van der Waals surface area contributed by atoms with Gasteiger partial charge in [-0.05, 0) is 37.6 Å². The van der Waals surface area contributed by atoms with Gasteiger partial charge >= 0.3 is 0 Å². The number of benzene rings is 1. The van der Waals surface area contributed by atoms with Gasteiger partial charge in [0.25, 0.3) is 0 Å². The second-order valence-electron chi connectivity index (χ2n) is 4.71. The largest absolute Gasteiger partial charge is 0.313 e. The van der Waals surface area contributed by atoms with Gasteiger partial charge < -0.3 is 5.32 Å². The number of halogens is 2. The molecule has 0 unspecified atom stereocenters. The molecule has 0 atom stereocenters. The molecule has 0 aliphatic carbocycles. The molecule has 0 saturated heterocycles. The molecule has 2 rings (SSSR count). The van der Waals surface area contributed by atoms with Crippen LogP contribution in [0.5, 0.6) is 0 Å². The first-order chi connectivity index (χ1) is 9.13. The third kappa shape index (κ3) is 3.38. The lowest BCUT2D eigenvalue weighted by molar-refractivity contribution is 0.643. The van der Waals surface area contributed by atoms with Crippen molar-refractivity contribution in [2.75, 3.05) is 6.54 Å². The molecule has 2 nitrogen and oxygen atoms in total. The van der Waals surface area contributed by atoms with E-state index in [9.17, 15) is 0 Å². The summed E-state index contributed by atoms with van der Waals surface area (Å²) in [5.74, 6) is 0. The van der Waals surface area contributed by atoms with E-state index in [-0.39, 0.29) is 0 Å². The Kier molecular flexibility index (Phi) is 5.03. The summed E-state index contributed by atoms with van der Waals surface area (Å²) in [6, 6.07) is 5.93. The standard InChI is InChI=1S/C15H18Cl2N2/c1-3-4-7-18-9-11-8-10(2)19-15-12(11)5-6-13(16)14(15)17/h5-6,8,18H,3-4,7,9H2,1-2H3. The topological polar surface area (TPSA) is 24.9 Å². The zero-order chi connectivity index (χ0) is 13.8. The maximum atomic E-state index is 6.24. The molecule has 0 bridgehead atoms. The minimum atomic E-state index is 0.540. The normalized spacial score (nSPS) is 11.2. The molecule has 0 radical (unpaired) electrons. The van der Waals surface area contributed by atoms with Gasteiger partial charge in [0.15, 0.2) is 0 Å². The molecule has 19 heavy (non-hydrogen) atoms. The number of nitrogens with zero attached hydrogens (tertiary/aromatic N) is 1. The zero-order valence-electron chi connectivity index (χ0n) is 11.3. The van der Waals surface area contributed by atoms with Crippen LogP contribution in [0.1, 0.15) is 31.0 Å². The monoisotopic (exact) mass is 296 g/mol. The Morgan fingerprint density at radius 2 is 2.05 bits per heavy atom. The van der Waals surface area contributed by atoms with Crippen molar-refractivity contribution in [3.63, 3.8) is 0 Å². The van der Waals surface area contributed by atoms with Gasteiger partial charge in [-0.15, -0.1) is 0 Å². The SMILES string of the molecule is CCCCNCc1cc(C)nc2c(Cl)c(Cl)ccc12. The van der Waals surface area contributed by atoms with Gasteiger partial charge in [0, 0.05) is 17.6 Å². The predicted octanol–water partition coefficient (Wildman–Crippen LogP) is 4.74. The molecule has 2 aromatic rings. The first-order valence-corrected chi connectivity index (χ1v) is 7.34. The van der Waals surface area contributed by atoms with E-state index in [1.807, 2.05) is 19.1 Å². The minimum Gasteiger partial charge on any atom is -0.313 e. The summed E-state index contributed by atoms with van der Waals surface area (Å²) in [7, 11) is 0. The Morgan fingerprint density at radius 1 is 1.26 bits per heavy atom. The van der Waals surface area contributed by atoms with Crippen molar-refractivity contribution in [1.29, 1.82) is 0 Å². The van der Waals surface area contributed by atoms with Gasteiger partial charge in [-0.25, -0.2) is 0 Å². The summed E-state index contributed by atoms with van der Waals surface area (Å²) >= 11 is 12.3. The van der Waals surface area contributed by atoms with Crippen molar-refractivity contribution < 1.29 is 0 Å². The number of fused-ring (bicyclic) bond motifs is 1. The number of aryl methyl sites for hydroxylation is 1. The third-order valence-corrected chi connectivity index (χ3v) is 3.90. The highest BCUT2D eigenvalue weighted by Crippen LogP contribution is 2.31. The van der Waals surface area contributed by atoms with Gasteiger partial charge in [0.1, 0.15) is 0 Å². The van der Waals surface area contributed by atoms with Crippen LogP contribution in [-0.4, -0.2) is 11.5 Å². The van der Waals surface area contributed by atoms with Gasteiger partial charge in [-0.1, -0.05) is 42.6 Å². The Labute approximate surface area is 124 Å². The number of rotatable bonds is 5. The van der Waals surface area contributed by atoms with Crippen molar-refractivity contribution in [2.24, 2.45) is 0 Å². The number of nitrogens with one attached hydrogen (secondary N) is 1. The maximum Gasteiger partial charge on any atom is 0.0909 e. The van der Waals surface area contributed by atoms with Gasteiger partial charge in [0.05, 0.1) is 15.6 Å². The molecule has 0 saturated carbocycles. The van der Waals surface area contributed by atoms with Crippen LogP contribution in [-0.2, 0) is 6.54 Å². The Morgan fingerprint density at radius 3 is 2.79 bits per heavy atom. The molecule has 1 heterocycles. The second kappa shape index (κ2) is 6.56. The lowest BCUT2D eigenvalue weighted by atomic mass is 10.1. The van der Waals surface area contributed by atoms with Gasteiger partial charge in [-0.3, -0.25) is 4.98 Å². The highest BCUT2D eigenvalue weighted by Gasteiger charge is 2.09. The van der Waals surface area contributed by atoms with Crippen LogP contribution in [0.4, 0.5) is 0 Å². The molecular formula is C15H18Cl2N2. The third-order valence-electron chi connectivity index (χ3n) is 3.11. The van der Waals surface area contributed by atoms with Crippen LogP contribution in [0.15, 0.2) is 18.2 Å². The van der Waals surface area contributed by atoms with Crippen molar-refractivity contribution >= 4 is 34.1 Å². The molecule has 0 spiro atoms. The van der Waals surface area contributed by atoms with E-state index in [0.717, 1.165) is 29.7 Å². The van der Waals surface area contributed by atoms with E-state index >= 15 is 0 Å². The molecule has 1 aromatic carbocycles. The lowest BCUT2D eigenvalue weighted by Gasteiger charge is -2.10. The summed E-state index contributed by atoms with van der Waals surface area (Å²) in [4.78, 5) is 4.50. The number of pyridine rings is 1. The predicted molar refractivity (Wildman–Crippen MR) is 83.1 cm³/mol. The highest BCUT2D eigenvalue weighted by atomic mass is 35.5. The number of hydrogen-bond acceptors (Lipinski definition) is 2. The Hall–Kier alpha value is -0.830. The Balaban J connectivity index is 2.35. The first-order valence-electron chi connectivity index (χ1n) is 6.58. The summed E-state index contributed by atoms with van der Waals surface area (Å²) in [6.45, 7) is 6.03. The number of unbranched alkanes of at least 4 members (excludes halogenated alkanes) is 1. The molecule has 0 amide bonds. The molecule has 1 aromatic heterocycles. The fraction of sp³-hybridized carbons (Fsp3) is 0.400. The van der Waals surface area contributed by atoms with Crippen molar-refractivity contribution in [2.45, 2.75) is 33.2 Å². The fourth-order valence-corrected chi connectivity index (χ4v) is 2.48. The molecule has 0 aliphatic heterocycles. The van der Waals surface area contributed by atoms with E-state index < -0.39 is 0 Å². The number of hydrogen-bond donors (Lipinski definition) is 1. The van der Waals surface area contributed by atoms with E-state index in [4.69, 9.17) is 23.2 Å². The average Bonchev–Trinajstić information content (AvgIpc) is 2.39. The van der Waals surface area contributed by atoms with E-state index in [2.05, 4.69) is 23.3 Å². The van der Waals surface area contributed by atoms with Crippen molar-refractivity contribution in [3.8, 4) is 0 Å². The van der Waals surface area contributed by atoms with E-state index in [1.165, 1.54) is 18.4 Å². The average molecular weight is 297 g/mol. The summed E-state index contributed by atoms with van der Waals surface area (Å²) < 4.78 is 0. The van der Waals surface area contributed by atoms with Crippen molar-refractivity contribution in [3.05, 3.63) is 39.5 Å². The summed E-state index contributed by atoms with van der Waals surface area (Å²) in [6.07, 6.45) is 2.39. The molecule has 4 heteroatoms. The molecular weight excluding hydrogens is 279 g/mol. The van der Waals surface area contributed by atoms with Gasteiger partial charge in [0.2, 0.25) is 0 Å². The molecule has 1 N–H and O–H groups in total. The quantitative estimate of drug-likeness (QED) is 0.806. The fourth-order valence-electron chi connectivity index (χ4n) is 2.12. The van der Waals surface area contributed by atoms with Gasteiger partial charge in [-0.2, -0.15) is 0 Å². The summed E-state index contributed by atoms with van der Waals surface area (Å²) in [5, 5.41) is 5.62. The Bertz CT molecular complexity index is 582. The van der Waals surface area contributed by atoms with Crippen LogP contribution >= 0.6 is 23.2 Å². The first kappa shape index (κ1) is 14.6. The van der Waals surface area contributed by atoms with E-state index in [1.54, 1.807) is 0 Å². The molecule has 0 aliphatic rings. The second-order valence-corrected chi connectivity index (χ2v) is 5.50. The van der Waals surface area contributed by atoms with Crippen LogP contribution in [0.2, 0.25) is 10.0 Å². The smallest absolute Gasteiger partial charge is 0.0909 e. The minimum absolute atomic E-state index is 0.540. The maximum absolute atomic E-state index is 6.24. The lowest BCUT2D eigenvalue weighted by Crippen LogP contribution is -2.15. The summed E-state index contributed by atoms with van der Waals surface area (Å²) in [5.41, 5.74) is 2.97. The molecule has 102 valence electrons. The van der Waals surface area contributed by atoms with Crippen LogP contribution in [0.3, 0.4) is 0 Å².